The van der Waals surface area contributed by atoms with Crippen molar-refractivity contribution in [3.8, 4) is 0 Å². The van der Waals surface area contributed by atoms with Gasteiger partial charge in [-0.25, -0.2) is 4.79 Å². The number of alkyl halides is 3. The first-order valence-electron chi connectivity index (χ1n) is 8.48. The van der Waals surface area contributed by atoms with Crippen LogP contribution >= 0.6 is 0 Å². The number of halogens is 3. The fraction of sp³-hybridized carbons (Fsp3) is 0.263. The minimum Gasteiger partial charge on any atom is -0.325 e. The third-order valence-corrected chi connectivity index (χ3v) is 4.24. The molecule has 2 aromatic carbocycles. The normalized spacial score (nSPS) is 14.1. The van der Waals surface area contributed by atoms with Crippen LogP contribution in [0.3, 0.4) is 0 Å². The van der Waals surface area contributed by atoms with E-state index in [0.717, 1.165) is 25.0 Å². The van der Waals surface area contributed by atoms with Crippen LogP contribution < -0.4 is 10.6 Å². The van der Waals surface area contributed by atoms with Crippen molar-refractivity contribution in [2.24, 2.45) is 0 Å². The molecule has 0 spiro atoms. The number of benzene rings is 2. The van der Waals surface area contributed by atoms with Gasteiger partial charge in [-0.1, -0.05) is 18.2 Å². The second kappa shape index (κ2) is 7.69. The average molecular weight is 377 g/mol. The Morgan fingerprint density at radius 3 is 2.19 bits per heavy atom. The minimum absolute atomic E-state index is 0.238. The topological polar surface area (TPSA) is 61.4 Å². The predicted octanol–water partition coefficient (Wildman–Crippen LogP) is 4.59. The van der Waals surface area contributed by atoms with Crippen molar-refractivity contribution < 1.29 is 22.8 Å². The van der Waals surface area contributed by atoms with E-state index >= 15 is 0 Å². The third-order valence-electron chi connectivity index (χ3n) is 4.24. The summed E-state index contributed by atoms with van der Waals surface area (Å²) in [6.07, 6.45) is -2.70. The lowest BCUT2D eigenvalue weighted by Crippen LogP contribution is -2.32. The summed E-state index contributed by atoms with van der Waals surface area (Å²) in [5.74, 6) is -0.869. The number of nitrogens with one attached hydrogen (secondary N) is 2. The number of hydrogen-bond acceptors (Lipinski definition) is 2. The maximum Gasteiger partial charge on any atom is 0.417 e. The monoisotopic (exact) mass is 377 g/mol. The van der Waals surface area contributed by atoms with E-state index in [0.29, 0.717) is 18.8 Å². The number of nitrogens with zero attached hydrogens (tertiary/aromatic N) is 1. The summed E-state index contributed by atoms with van der Waals surface area (Å²) in [5.41, 5.74) is -0.720. The average Bonchev–Trinajstić information content (AvgIpc) is 3.16. The smallest absolute Gasteiger partial charge is 0.325 e. The summed E-state index contributed by atoms with van der Waals surface area (Å²) in [4.78, 5) is 26.1. The van der Waals surface area contributed by atoms with E-state index in [1.807, 2.05) is 0 Å². The molecule has 27 heavy (non-hydrogen) atoms. The Labute approximate surface area is 154 Å². The van der Waals surface area contributed by atoms with Gasteiger partial charge >= 0.3 is 12.2 Å². The molecule has 0 aromatic heterocycles. The zero-order chi connectivity index (χ0) is 19.4. The van der Waals surface area contributed by atoms with Crippen LogP contribution in [-0.4, -0.2) is 29.9 Å². The number of anilines is 2. The lowest BCUT2D eigenvalue weighted by atomic mass is 10.1. The molecule has 1 aliphatic heterocycles. The molecule has 1 aliphatic rings. The highest BCUT2D eigenvalue weighted by Crippen LogP contribution is 2.32. The molecule has 142 valence electrons. The molecule has 2 aromatic rings. The van der Waals surface area contributed by atoms with Gasteiger partial charge in [-0.3, -0.25) is 4.79 Å². The highest BCUT2D eigenvalue weighted by Gasteiger charge is 2.34. The number of likely N-dealkylation sites (tertiary alicyclic amines) is 1. The van der Waals surface area contributed by atoms with Gasteiger partial charge in [-0.2, -0.15) is 13.2 Å². The second-order valence-corrected chi connectivity index (χ2v) is 6.20. The summed E-state index contributed by atoms with van der Waals surface area (Å²) in [7, 11) is 0. The zero-order valence-electron chi connectivity index (χ0n) is 14.3. The lowest BCUT2D eigenvalue weighted by Gasteiger charge is -2.17. The molecule has 1 saturated heterocycles. The number of carbonyl (C=O) groups excluding carboxylic acids is 2. The number of rotatable bonds is 3. The van der Waals surface area contributed by atoms with E-state index in [-0.39, 0.29) is 11.7 Å². The van der Waals surface area contributed by atoms with E-state index in [2.05, 4.69) is 10.6 Å². The van der Waals surface area contributed by atoms with Crippen LogP contribution in [0.25, 0.3) is 0 Å². The summed E-state index contributed by atoms with van der Waals surface area (Å²) < 4.78 is 39.2. The Bertz CT molecular complexity index is 846. The molecule has 3 amide bonds. The Morgan fingerprint density at radius 1 is 0.889 bits per heavy atom. The van der Waals surface area contributed by atoms with E-state index in [1.54, 1.807) is 23.1 Å². The van der Waals surface area contributed by atoms with Gasteiger partial charge in [0, 0.05) is 24.5 Å². The van der Waals surface area contributed by atoms with Crippen molar-refractivity contribution >= 4 is 23.3 Å². The van der Waals surface area contributed by atoms with Crippen molar-refractivity contribution in [3.05, 3.63) is 59.7 Å². The van der Waals surface area contributed by atoms with Crippen molar-refractivity contribution in [2.45, 2.75) is 19.0 Å². The lowest BCUT2D eigenvalue weighted by molar-refractivity contribution is -0.137. The quantitative estimate of drug-likeness (QED) is 0.822. The molecule has 0 bridgehead atoms. The molecule has 1 fully saturated rings. The van der Waals surface area contributed by atoms with E-state index in [9.17, 15) is 22.8 Å². The summed E-state index contributed by atoms with van der Waals surface area (Å²) in [6, 6.07) is 10.6. The molecule has 1 heterocycles. The van der Waals surface area contributed by atoms with Crippen molar-refractivity contribution in [2.75, 3.05) is 23.7 Å². The van der Waals surface area contributed by atoms with Gasteiger partial charge < -0.3 is 15.5 Å². The molecule has 0 saturated carbocycles. The maximum absolute atomic E-state index is 13.1. The van der Waals surface area contributed by atoms with Crippen LogP contribution in [0.15, 0.2) is 48.5 Å². The van der Waals surface area contributed by atoms with Crippen molar-refractivity contribution in [1.29, 1.82) is 0 Å². The molecule has 3 rings (SSSR count). The van der Waals surface area contributed by atoms with Gasteiger partial charge in [0.05, 0.1) is 11.1 Å². The Kier molecular flexibility index (Phi) is 5.34. The van der Waals surface area contributed by atoms with Crippen molar-refractivity contribution in [3.63, 3.8) is 0 Å². The summed E-state index contributed by atoms with van der Waals surface area (Å²) in [6.45, 7) is 1.38. The molecular weight excluding hydrogens is 359 g/mol. The molecule has 0 atom stereocenters. The first-order chi connectivity index (χ1) is 12.8. The number of hydrogen-bond donors (Lipinski definition) is 2. The highest BCUT2D eigenvalue weighted by molar-refractivity contribution is 6.05. The van der Waals surface area contributed by atoms with E-state index in [1.165, 1.54) is 18.2 Å². The van der Waals surface area contributed by atoms with E-state index < -0.39 is 23.2 Å². The first-order valence-corrected chi connectivity index (χ1v) is 8.48. The number of carbonyl (C=O) groups is 2. The molecule has 5 nitrogen and oxygen atoms in total. The van der Waals surface area contributed by atoms with Crippen LogP contribution in [0.4, 0.5) is 29.3 Å². The molecule has 8 heteroatoms. The molecule has 0 unspecified atom stereocenters. The zero-order valence-corrected chi connectivity index (χ0v) is 14.3. The SMILES string of the molecule is O=C(Nc1cccc(NC(=O)N2CCCC2)c1)c1ccccc1C(F)(F)F. The van der Waals surface area contributed by atoms with Crippen molar-refractivity contribution in [1.82, 2.24) is 4.90 Å². The fourth-order valence-corrected chi connectivity index (χ4v) is 2.92. The predicted molar refractivity (Wildman–Crippen MR) is 95.7 cm³/mol. The summed E-state index contributed by atoms with van der Waals surface area (Å²) in [5, 5.41) is 5.18. The van der Waals surface area contributed by atoms with Gasteiger partial charge in [0.2, 0.25) is 0 Å². The maximum atomic E-state index is 13.1. The Hall–Kier alpha value is -3.03. The largest absolute Gasteiger partial charge is 0.417 e. The van der Waals surface area contributed by atoms with Crippen LogP contribution in [0.1, 0.15) is 28.8 Å². The van der Waals surface area contributed by atoms with Crippen LogP contribution in [0.2, 0.25) is 0 Å². The van der Waals surface area contributed by atoms with Gasteiger partial charge in [-0.15, -0.1) is 0 Å². The second-order valence-electron chi connectivity index (χ2n) is 6.20. The summed E-state index contributed by atoms with van der Waals surface area (Å²) >= 11 is 0. The molecule has 0 radical (unpaired) electrons. The molecule has 0 aliphatic carbocycles. The Balaban J connectivity index is 1.73. The minimum atomic E-state index is -4.63. The van der Waals surface area contributed by atoms with Crippen LogP contribution in [0.5, 0.6) is 0 Å². The molecule has 2 N–H and O–H groups in total. The van der Waals surface area contributed by atoms with Gasteiger partial charge in [0.15, 0.2) is 0 Å². The van der Waals surface area contributed by atoms with Gasteiger partial charge in [-0.05, 0) is 43.2 Å². The van der Waals surface area contributed by atoms with Gasteiger partial charge in [0.25, 0.3) is 5.91 Å². The van der Waals surface area contributed by atoms with E-state index in [4.69, 9.17) is 0 Å². The molecular formula is C19H18F3N3O2. The first kappa shape index (κ1) is 18.8. The van der Waals surface area contributed by atoms with Crippen LogP contribution in [-0.2, 0) is 6.18 Å². The van der Waals surface area contributed by atoms with Crippen LogP contribution in [0, 0.1) is 0 Å². The standard InChI is InChI=1S/C19H18F3N3O2/c20-19(21,22)16-9-2-1-8-15(16)17(26)23-13-6-5-7-14(12-13)24-18(27)25-10-3-4-11-25/h1-2,5-9,12H,3-4,10-11H2,(H,23,26)(H,24,27). The number of urea groups is 1. The third kappa shape index (κ3) is 4.58. The fourth-order valence-electron chi connectivity index (χ4n) is 2.92. The number of amides is 3. The Morgan fingerprint density at radius 2 is 1.52 bits per heavy atom. The highest BCUT2D eigenvalue weighted by atomic mass is 19.4. The van der Waals surface area contributed by atoms with Gasteiger partial charge in [0.1, 0.15) is 0 Å².